The van der Waals surface area contributed by atoms with Gasteiger partial charge in [-0.2, -0.15) is 5.26 Å². The Morgan fingerprint density at radius 2 is 2.08 bits per heavy atom. The van der Waals surface area contributed by atoms with Crippen LogP contribution in [0.2, 0.25) is 0 Å². The second-order valence-electron chi connectivity index (χ2n) is 6.45. The highest BCUT2D eigenvalue weighted by Gasteiger charge is 2.31. The number of nitriles is 1. The standard InChI is InChI=1S/C17H23BN4O4/c1-12(10-19)16(23)22-8-7-14(11-22)20-17(24)21-15(18(25)26)9-13-5-3-2-4-6-13/h2-6,12,14-15,25-26H,7-9,11H2,1H3,(H2,20,21,24)/t12?,14-,15-/m0/s1. The third kappa shape index (κ3) is 5.47. The Morgan fingerprint density at radius 3 is 2.69 bits per heavy atom. The fourth-order valence-electron chi connectivity index (χ4n) is 2.90. The molecule has 3 atom stereocenters. The topological polar surface area (TPSA) is 126 Å². The number of nitrogens with one attached hydrogen (secondary N) is 2. The van der Waals surface area contributed by atoms with Gasteiger partial charge in [-0.25, -0.2) is 4.79 Å². The van der Waals surface area contributed by atoms with Gasteiger partial charge in [-0.05, 0) is 25.3 Å². The van der Waals surface area contributed by atoms with Crippen molar-refractivity contribution in [3.63, 3.8) is 0 Å². The summed E-state index contributed by atoms with van der Waals surface area (Å²) in [6.07, 6.45) is 0.864. The molecule has 4 N–H and O–H groups in total. The van der Waals surface area contributed by atoms with Gasteiger partial charge in [0.15, 0.2) is 0 Å². The number of likely N-dealkylation sites (tertiary alicyclic amines) is 1. The summed E-state index contributed by atoms with van der Waals surface area (Å²) < 4.78 is 0. The molecule has 1 aromatic rings. The Balaban J connectivity index is 1.85. The molecule has 138 valence electrons. The van der Waals surface area contributed by atoms with Gasteiger partial charge in [-0.1, -0.05) is 30.3 Å². The van der Waals surface area contributed by atoms with Crippen LogP contribution in [0.5, 0.6) is 0 Å². The molecule has 0 radical (unpaired) electrons. The molecule has 0 aromatic heterocycles. The third-order valence-corrected chi connectivity index (χ3v) is 4.37. The quantitative estimate of drug-likeness (QED) is 0.518. The lowest BCUT2D eigenvalue weighted by Gasteiger charge is -2.21. The van der Waals surface area contributed by atoms with Crippen molar-refractivity contribution in [2.45, 2.75) is 31.7 Å². The van der Waals surface area contributed by atoms with E-state index in [1.807, 2.05) is 36.4 Å². The first kappa shape index (κ1) is 19.8. The van der Waals surface area contributed by atoms with E-state index in [1.165, 1.54) is 0 Å². The summed E-state index contributed by atoms with van der Waals surface area (Å²) in [6.45, 7) is 2.36. The van der Waals surface area contributed by atoms with E-state index in [4.69, 9.17) is 5.26 Å². The van der Waals surface area contributed by atoms with E-state index in [-0.39, 0.29) is 18.4 Å². The number of urea groups is 1. The van der Waals surface area contributed by atoms with Crippen LogP contribution in [-0.2, 0) is 11.2 Å². The number of hydrogen-bond acceptors (Lipinski definition) is 5. The number of carbonyl (C=O) groups is 2. The van der Waals surface area contributed by atoms with Crippen LogP contribution in [0.15, 0.2) is 30.3 Å². The van der Waals surface area contributed by atoms with Gasteiger partial charge >= 0.3 is 13.1 Å². The van der Waals surface area contributed by atoms with Gasteiger partial charge in [-0.3, -0.25) is 4.79 Å². The molecule has 0 spiro atoms. The maximum absolute atomic E-state index is 12.2. The number of nitrogens with zero attached hydrogens (tertiary/aromatic N) is 2. The molecular weight excluding hydrogens is 335 g/mol. The van der Waals surface area contributed by atoms with Crippen LogP contribution in [0, 0.1) is 17.2 Å². The zero-order valence-electron chi connectivity index (χ0n) is 14.6. The van der Waals surface area contributed by atoms with Crippen LogP contribution < -0.4 is 10.6 Å². The average molecular weight is 358 g/mol. The van der Waals surface area contributed by atoms with Gasteiger partial charge in [0.05, 0.1) is 12.0 Å². The van der Waals surface area contributed by atoms with Crippen LogP contribution in [0.1, 0.15) is 18.9 Å². The minimum atomic E-state index is -1.70. The summed E-state index contributed by atoms with van der Waals surface area (Å²) in [5.41, 5.74) is 0.869. The number of carbonyl (C=O) groups excluding carboxylic acids is 2. The van der Waals surface area contributed by atoms with Gasteiger partial charge < -0.3 is 25.6 Å². The molecule has 1 aliphatic heterocycles. The molecule has 1 heterocycles. The van der Waals surface area contributed by atoms with Crippen molar-refractivity contribution in [2.75, 3.05) is 13.1 Å². The summed E-state index contributed by atoms with van der Waals surface area (Å²) in [5, 5.41) is 33.2. The largest absolute Gasteiger partial charge is 0.475 e. The molecule has 0 bridgehead atoms. The van der Waals surface area contributed by atoms with E-state index < -0.39 is 25.0 Å². The van der Waals surface area contributed by atoms with E-state index in [2.05, 4.69) is 10.6 Å². The molecule has 0 saturated carbocycles. The van der Waals surface area contributed by atoms with Crippen LogP contribution in [-0.4, -0.2) is 59.1 Å². The van der Waals surface area contributed by atoms with Crippen molar-refractivity contribution >= 4 is 19.1 Å². The SMILES string of the molecule is CC(C#N)C(=O)N1CC[C@H](NC(=O)N[C@@H](Cc2ccccc2)B(O)O)C1. The lowest BCUT2D eigenvalue weighted by Crippen LogP contribution is -2.53. The highest BCUT2D eigenvalue weighted by molar-refractivity contribution is 6.43. The van der Waals surface area contributed by atoms with Crippen LogP contribution in [0.25, 0.3) is 0 Å². The van der Waals surface area contributed by atoms with Gasteiger partial charge in [0, 0.05) is 19.1 Å². The number of rotatable bonds is 6. The molecule has 8 nitrogen and oxygen atoms in total. The van der Waals surface area contributed by atoms with Gasteiger partial charge in [0.2, 0.25) is 5.91 Å². The van der Waals surface area contributed by atoms with Crippen molar-refractivity contribution in [3.8, 4) is 6.07 Å². The summed E-state index contributed by atoms with van der Waals surface area (Å²) in [4.78, 5) is 25.7. The monoisotopic (exact) mass is 358 g/mol. The Hall–Kier alpha value is -2.57. The average Bonchev–Trinajstić information content (AvgIpc) is 3.08. The van der Waals surface area contributed by atoms with Crippen molar-refractivity contribution in [2.24, 2.45) is 5.92 Å². The molecular formula is C17H23BN4O4. The minimum Gasteiger partial charge on any atom is -0.426 e. The van der Waals surface area contributed by atoms with E-state index in [0.29, 0.717) is 19.5 Å². The van der Waals surface area contributed by atoms with E-state index in [1.54, 1.807) is 11.8 Å². The van der Waals surface area contributed by atoms with Gasteiger partial charge in [0.1, 0.15) is 5.92 Å². The van der Waals surface area contributed by atoms with Crippen LogP contribution >= 0.6 is 0 Å². The summed E-state index contributed by atoms with van der Waals surface area (Å²) in [6, 6.07) is 10.4. The van der Waals surface area contributed by atoms with Crippen molar-refractivity contribution in [1.82, 2.24) is 15.5 Å². The van der Waals surface area contributed by atoms with Crippen LogP contribution in [0.4, 0.5) is 4.79 Å². The molecule has 3 amide bonds. The van der Waals surface area contributed by atoms with Crippen molar-refractivity contribution < 1.29 is 19.6 Å². The molecule has 1 saturated heterocycles. The van der Waals surface area contributed by atoms with Gasteiger partial charge in [0.25, 0.3) is 0 Å². The Morgan fingerprint density at radius 1 is 1.38 bits per heavy atom. The molecule has 9 heteroatoms. The number of hydrogen-bond donors (Lipinski definition) is 4. The maximum Gasteiger partial charge on any atom is 0.475 e. The highest BCUT2D eigenvalue weighted by Crippen LogP contribution is 2.13. The van der Waals surface area contributed by atoms with Crippen molar-refractivity contribution in [1.29, 1.82) is 5.26 Å². The van der Waals surface area contributed by atoms with Gasteiger partial charge in [-0.15, -0.1) is 0 Å². The van der Waals surface area contributed by atoms with Crippen molar-refractivity contribution in [3.05, 3.63) is 35.9 Å². The molecule has 1 aliphatic rings. The molecule has 0 aliphatic carbocycles. The fourth-order valence-corrected chi connectivity index (χ4v) is 2.90. The zero-order chi connectivity index (χ0) is 19.1. The van der Waals surface area contributed by atoms with E-state index in [9.17, 15) is 19.6 Å². The molecule has 1 unspecified atom stereocenters. The number of benzene rings is 1. The maximum atomic E-state index is 12.2. The highest BCUT2D eigenvalue weighted by atomic mass is 16.4. The van der Waals surface area contributed by atoms with Crippen LogP contribution in [0.3, 0.4) is 0 Å². The minimum absolute atomic E-state index is 0.238. The van der Waals surface area contributed by atoms with E-state index in [0.717, 1.165) is 5.56 Å². The smallest absolute Gasteiger partial charge is 0.426 e. The number of amides is 3. The molecule has 1 aromatic carbocycles. The molecule has 26 heavy (non-hydrogen) atoms. The summed E-state index contributed by atoms with van der Waals surface area (Å²) in [5.74, 6) is -1.80. The molecule has 1 fully saturated rings. The summed E-state index contributed by atoms with van der Waals surface area (Å²) >= 11 is 0. The first-order valence-electron chi connectivity index (χ1n) is 8.56. The fraction of sp³-hybridized carbons (Fsp3) is 0.471. The Bertz CT molecular complexity index is 664. The predicted molar refractivity (Wildman–Crippen MR) is 95.6 cm³/mol. The zero-order valence-corrected chi connectivity index (χ0v) is 14.6. The predicted octanol–water partition coefficient (Wildman–Crippen LogP) is -0.331. The molecule has 2 rings (SSSR count). The normalized spacial score (nSPS) is 18.5. The summed E-state index contributed by atoms with van der Waals surface area (Å²) in [7, 11) is -1.70. The third-order valence-electron chi connectivity index (χ3n) is 4.37. The first-order chi connectivity index (χ1) is 12.4. The second kappa shape index (κ2) is 9.22. The second-order valence-corrected chi connectivity index (χ2v) is 6.45. The van der Waals surface area contributed by atoms with E-state index >= 15 is 0 Å². The lowest BCUT2D eigenvalue weighted by molar-refractivity contribution is -0.132. The first-order valence-corrected chi connectivity index (χ1v) is 8.56. The Labute approximate surface area is 152 Å². The Kier molecular flexibility index (Phi) is 7.01. The lowest BCUT2D eigenvalue weighted by atomic mass is 9.76.